The van der Waals surface area contributed by atoms with Crippen molar-refractivity contribution in [3.63, 3.8) is 0 Å². The Kier molecular flexibility index (Phi) is 3.14. The van der Waals surface area contributed by atoms with Crippen molar-refractivity contribution < 1.29 is 19.1 Å². The number of nitrogens with zero attached hydrogens (tertiary/aromatic N) is 2. The zero-order valence-electron chi connectivity index (χ0n) is 8.15. The summed E-state index contributed by atoms with van der Waals surface area (Å²) < 4.78 is 6.47. The lowest BCUT2D eigenvalue weighted by Crippen LogP contribution is -1.87. The third-order valence-corrected chi connectivity index (χ3v) is 2.34. The predicted octanol–water partition coefficient (Wildman–Crippen LogP) is 0.666. The van der Waals surface area contributed by atoms with E-state index in [0.29, 0.717) is 17.1 Å². The summed E-state index contributed by atoms with van der Waals surface area (Å²) in [6.45, 7) is 0. The number of imidazole rings is 1. The molecule has 0 radical (unpaired) electrons. The first-order chi connectivity index (χ1) is 7.69. The lowest BCUT2D eigenvalue weighted by Gasteiger charge is -2.04. The van der Waals surface area contributed by atoms with E-state index in [1.165, 1.54) is 0 Å². The highest BCUT2D eigenvalue weighted by Gasteiger charge is 2.06. The van der Waals surface area contributed by atoms with Crippen molar-refractivity contribution in [2.45, 2.75) is 6.42 Å². The number of pyridine rings is 1. The fourth-order valence-electron chi connectivity index (χ4n) is 1.35. The Morgan fingerprint density at radius 1 is 1.56 bits per heavy atom. The standard InChI is InChI=1S/C9H9N2O4P/c12-4-2-7-6-11-3-1-8(15-16(13)14)5-9(11)10-7/h1,3-6,13-14H,2H2. The smallest absolute Gasteiger partial charge is 0.391 e. The van der Waals surface area contributed by atoms with Gasteiger partial charge in [0.1, 0.15) is 17.7 Å². The molecule has 6 nitrogen and oxygen atoms in total. The maximum absolute atomic E-state index is 10.3. The molecular formula is C9H9N2O4P. The van der Waals surface area contributed by atoms with E-state index in [2.05, 4.69) is 4.98 Å². The monoisotopic (exact) mass is 240 g/mol. The van der Waals surface area contributed by atoms with Crippen LogP contribution in [0.3, 0.4) is 0 Å². The fourth-order valence-corrected chi connectivity index (χ4v) is 1.65. The van der Waals surface area contributed by atoms with Crippen molar-refractivity contribution in [1.29, 1.82) is 0 Å². The molecule has 2 aromatic rings. The van der Waals surface area contributed by atoms with Gasteiger partial charge >= 0.3 is 8.60 Å². The van der Waals surface area contributed by atoms with Crippen molar-refractivity contribution >= 4 is 20.5 Å². The second-order valence-electron chi connectivity index (χ2n) is 3.07. The Morgan fingerprint density at radius 2 is 2.38 bits per heavy atom. The second-order valence-corrected chi connectivity index (χ2v) is 3.76. The van der Waals surface area contributed by atoms with Crippen LogP contribution in [0.5, 0.6) is 5.75 Å². The molecule has 16 heavy (non-hydrogen) atoms. The van der Waals surface area contributed by atoms with Gasteiger partial charge in [-0.1, -0.05) is 0 Å². The third kappa shape index (κ3) is 2.36. The van der Waals surface area contributed by atoms with E-state index in [4.69, 9.17) is 14.3 Å². The number of hydrogen-bond acceptors (Lipinski definition) is 5. The molecule has 2 N–H and O–H groups in total. The largest absolute Gasteiger partial charge is 0.427 e. The maximum atomic E-state index is 10.3. The summed E-state index contributed by atoms with van der Waals surface area (Å²) >= 11 is 0. The first-order valence-electron chi connectivity index (χ1n) is 4.46. The third-order valence-electron chi connectivity index (χ3n) is 1.96. The Morgan fingerprint density at radius 3 is 3.06 bits per heavy atom. The van der Waals surface area contributed by atoms with Gasteiger partial charge in [0, 0.05) is 24.9 Å². The molecule has 0 spiro atoms. The lowest BCUT2D eigenvalue weighted by molar-refractivity contribution is -0.107. The first-order valence-corrected chi connectivity index (χ1v) is 5.62. The summed E-state index contributed by atoms with van der Waals surface area (Å²) in [4.78, 5) is 31.9. The van der Waals surface area contributed by atoms with Crippen molar-refractivity contribution in [3.05, 3.63) is 30.2 Å². The first kappa shape index (κ1) is 11.0. The van der Waals surface area contributed by atoms with Gasteiger partial charge in [-0.05, 0) is 6.07 Å². The van der Waals surface area contributed by atoms with Crippen molar-refractivity contribution in [1.82, 2.24) is 9.38 Å². The molecule has 2 aromatic heterocycles. The molecule has 0 aliphatic rings. The molecule has 0 saturated heterocycles. The minimum atomic E-state index is -2.43. The van der Waals surface area contributed by atoms with Gasteiger partial charge in [-0.2, -0.15) is 0 Å². The van der Waals surface area contributed by atoms with Crippen LogP contribution in [0.4, 0.5) is 0 Å². The molecule has 0 aliphatic carbocycles. The van der Waals surface area contributed by atoms with E-state index in [1.807, 2.05) is 0 Å². The van der Waals surface area contributed by atoms with Gasteiger partial charge in [-0.25, -0.2) is 4.98 Å². The summed E-state index contributed by atoms with van der Waals surface area (Å²) in [7, 11) is -2.43. The molecule has 0 unspecified atom stereocenters. The minimum Gasteiger partial charge on any atom is -0.427 e. The van der Waals surface area contributed by atoms with Crippen molar-refractivity contribution in [2.75, 3.05) is 0 Å². The number of aldehydes is 1. The van der Waals surface area contributed by atoms with Crippen LogP contribution in [0, 0.1) is 0 Å². The second kappa shape index (κ2) is 4.57. The number of carbonyl (C=O) groups excluding carboxylic acids is 1. The van der Waals surface area contributed by atoms with Crippen LogP contribution in [0.2, 0.25) is 0 Å². The molecule has 0 aromatic carbocycles. The normalized spacial score (nSPS) is 10.9. The van der Waals surface area contributed by atoms with Crippen molar-refractivity contribution in [3.8, 4) is 5.75 Å². The number of fused-ring (bicyclic) bond motifs is 1. The topological polar surface area (TPSA) is 84.1 Å². The van der Waals surface area contributed by atoms with Crippen LogP contribution >= 0.6 is 8.60 Å². The quantitative estimate of drug-likeness (QED) is 0.606. The molecule has 0 amide bonds. The fraction of sp³-hybridized carbons (Fsp3) is 0.111. The average Bonchev–Trinajstić information content (AvgIpc) is 2.59. The Balaban J connectivity index is 2.33. The van der Waals surface area contributed by atoms with Crippen LogP contribution in [0.15, 0.2) is 24.5 Å². The molecule has 0 saturated carbocycles. The average molecular weight is 240 g/mol. The van der Waals surface area contributed by atoms with Crippen LogP contribution < -0.4 is 4.52 Å². The SMILES string of the molecule is O=CCc1cn2ccc(OP(O)O)cc2n1. The highest BCUT2D eigenvalue weighted by molar-refractivity contribution is 7.39. The van der Waals surface area contributed by atoms with Gasteiger partial charge in [0.05, 0.1) is 5.69 Å². The summed E-state index contributed by atoms with van der Waals surface area (Å²) in [5, 5.41) is 0. The zero-order valence-corrected chi connectivity index (χ0v) is 9.04. The van der Waals surface area contributed by atoms with Gasteiger partial charge in [0.25, 0.3) is 0 Å². The molecule has 0 atom stereocenters. The summed E-state index contributed by atoms with van der Waals surface area (Å²) in [6, 6.07) is 3.15. The Hall–Kier alpha value is -1.49. The molecule has 7 heteroatoms. The Labute approximate surface area is 92.1 Å². The summed E-state index contributed by atoms with van der Waals surface area (Å²) in [5.74, 6) is 0.326. The maximum Gasteiger partial charge on any atom is 0.391 e. The molecule has 0 fully saturated rings. The van der Waals surface area contributed by atoms with Gasteiger partial charge in [0.15, 0.2) is 0 Å². The molecule has 84 valence electrons. The van der Waals surface area contributed by atoms with Crippen LogP contribution in [0.25, 0.3) is 5.65 Å². The summed E-state index contributed by atoms with van der Waals surface area (Å²) in [5.41, 5.74) is 1.24. The predicted molar refractivity (Wildman–Crippen MR) is 56.9 cm³/mol. The van der Waals surface area contributed by atoms with Gasteiger partial charge < -0.3 is 23.5 Å². The van der Waals surface area contributed by atoms with Gasteiger partial charge in [0.2, 0.25) is 0 Å². The van der Waals surface area contributed by atoms with E-state index in [9.17, 15) is 4.79 Å². The van der Waals surface area contributed by atoms with E-state index < -0.39 is 8.60 Å². The molecule has 0 aliphatic heterocycles. The van der Waals surface area contributed by atoms with E-state index in [1.54, 1.807) is 28.9 Å². The molecular weight excluding hydrogens is 231 g/mol. The molecule has 0 bridgehead atoms. The van der Waals surface area contributed by atoms with Crippen molar-refractivity contribution in [2.24, 2.45) is 0 Å². The van der Waals surface area contributed by atoms with Gasteiger partial charge in [-0.15, -0.1) is 0 Å². The highest BCUT2D eigenvalue weighted by Crippen LogP contribution is 2.29. The molecule has 2 rings (SSSR count). The summed E-state index contributed by atoms with van der Waals surface area (Å²) in [6.07, 6.45) is 4.43. The zero-order chi connectivity index (χ0) is 11.5. The van der Waals surface area contributed by atoms with Crippen LogP contribution in [-0.2, 0) is 11.2 Å². The van der Waals surface area contributed by atoms with Crippen LogP contribution in [0.1, 0.15) is 5.69 Å². The highest BCUT2D eigenvalue weighted by atomic mass is 31.2. The number of carbonyl (C=O) groups is 1. The minimum absolute atomic E-state index is 0.255. The van der Waals surface area contributed by atoms with Crippen LogP contribution in [-0.4, -0.2) is 25.5 Å². The van der Waals surface area contributed by atoms with E-state index >= 15 is 0 Å². The van der Waals surface area contributed by atoms with Gasteiger partial charge in [-0.3, -0.25) is 0 Å². The van der Waals surface area contributed by atoms with E-state index in [0.717, 1.165) is 6.29 Å². The Bertz CT molecular complexity index is 511. The number of aromatic nitrogens is 2. The molecule has 2 heterocycles. The van der Waals surface area contributed by atoms with E-state index in [-0.39, 0.29) is 6.42 Å². The number of rotatable bonds is 4. The lowest BCUT2D eigenvalue weighted by atomic mass is 10.4. The number of hydrogen-bond donors (Lipinski definition) is 2.